The zero-order chi connectivity index (χ0) is 18.4. The van der Waals surface area contributed by atoms with Crippen LogP contribution in [0.25, 0.3) is 28.1 Å². The lowest BCUT2D eigenvalue weighted by Gasteiger charge is -2.10. The van der Waals surface area contributed by atoms with Crippen molar-refractivity contribution >= 4 is 34.4 Å². The number of aromatic amines is 1. The Balaban J connectivity index is 2.01. The van der Waals surface area contributed by atoms with Crippen LogP contribution in [0.3, 0.4) is 0 Å². The van der Waals surface area contributed by atoms with Crippen LogP contribution in [-0.2, 0) is 7.05 Å². The standard InChI is InChI=1S/C16H10Cl2N6O2/c1-23-6-5-9(22-23)8-3-2-4-10(12(8)18)24-15(25)13-14(21-16(24)26)20-11(17)7-19-13/h2-7H,1H3,(H,20,21,26). The molecular formula is C16H10Cl2N6O2. The van der Waals surface area contributed by atoms with Gasteiger partial charge < -0.3 is 0 Å². The third kappa shape index (κ3) is 2.59. The van der Waals surface area contributed by atoms with E-state index in [2.05, 4.69) is 20.1 Å². The van der Waals surface area contributed by atoms with E-state index >= 15 is 0 Å². The Kier molecular flexibility index (Phi) is 3.86. The molecule has 0 fully saturated rings. The Hall–Kier alpha value is -2.97. The van der Waals surface area contributed by atoms with Crippen LogP contribution in [0.2, 0.25) is 10.2 Å². The van der Waals surface area contributed by atoms with E-state index < -0.39 is 11.2 Å². The molecular weight excluding hydrogens is 379 g/mol. The van der Waals surface area contributed by atoms with Crippen molar-refractivity contribution in [2.75, 3.05) is 0 Å². The Bertz CT molecular complexity index is 1270. The van der Waals surface area contributed by atoms with Gasteiger partial charge in [0.15, 0.2) is 11.2 Å². The van der Waals surface area contributed by atoms with Gasteiger partial charge in [-0.1, -0.05) is 35.3 Å². The zero-order valence-electron chi connectivity index (χ0n) is 13.3. The second kappa shape index (κ2) is 6.08. The van der Waals surface area contributed by atoms with Crippen LogP contribution in [-0.4, -0.2) is 29.3 Å². The number of H-pyrrole nitrogens is 1. The molecule has 0 saturated heterocycles. The highest BCUT2D eigenvalue weighted by Crippen LogP contribution is 2.30. The molecule has 0 bridgehead atoms. The molecule has 0 aliphatic rings. The second-order valence-electron chi connectivity index (χ2n) is 5.47. The maximum atomic E-state index is 12.8. The van der Waals surface area contributed by atoms with E-state index in [0.29, 0.717) is 11.3 Å². The van der Waals surface area contributed by atoms with Gasteiger partial charge in [-0.2, -0.15) is 5.10 Å². The first kappa shape index (κ1) is 16.5. The van der Waals surface area contributed by atoms with Crippen LogP contribution < -0.4 is 11.2 Å². The average molecular weight is 389 g/mol. The number of nitrogens with zero attached hydrogens (tertiary/aromatic N) is 5. The summed E-state index contributed by atoms with van der Waals surface area (Å²) >= 11 is 12.2. The number of nitrogens with one attached hydrogen (secondary N) is 1. The number of hydrogen-bond donors (Lipinski definition) is 1. The molecule has 0 unspecified atom stereocenters. The fraction of sp³-hybridized carbons (Fsp3) is 0.0625. The van der Waals surface area contributed by atoms with E-state index in [1.165, 1.54) is 6.20 Å². The molecule has 0 saturated carbocycles. The summed E-state index contributed by atoms with van der Waals surface area (Å²) < 4.78 is 2.55. The number of rotatable bonds is 2. The summed E-state index contributed by atoms with van der Waals surface area (Å²) in [6.45, 7) is 0. The van der Waals surface area contributed by atoms with Gasteiger partial charge in [0.1, 0.15) is 5.15 Å². The van der Waals surface area contributed by atoms with Crippen LogP contribution in [0.15, 0.2) is 46.2 Å². The van der Waals surface area contributed by atoms with Gasteiger partial charge in [0, 0.05) is 18.8 Å². The molecule has 3 heterocycles. The lowest BCUT2D eigenvalue weighted by atomic mass is 10.1. The third-order valence-corrected chi connectivity index (χ3v) is 4.37. The highest BCUT2D eigenvalue weighted by molar-refractivity contribution is 6.35. The van der Waals surface area contributed by atoms with Crippen molar-refractivity contribution < 1.29 is 0 Å². The monoisotopic (exact) mass is 388 g/mol. The molecule has 10 heteroatoms. The summed E-state index contributed by atoms with van der Waals surface area (Å²) in [5.74, 6) is 0. The maximum Gasteiger partial charge on any atom is 0.334 e. The largest absolute Gasteiger partial charge is 0.334 e. The molecule has 0 spiro atoms. The van der Waals surface area contributed by atoms with E-state index in [1.807, 2.05) is 0 Å². The molecule has 1 N–H and O–H groups in total. The minimum atomic E-state index is -0.695. The van der Waals surface area contributed by atoms with E-state index in [4.69, 9.17) is 23.2 Å². The van der Waals surface area contributed by atoms with Gasteiger partial charge in [0.25, 0.3) is 5.56 Å². The highest BCUT2D eigenvalue weighted by atomic mass is 35.5. The van der Waals surface area contributed by atoms with Gasteiger partial charge in [-0.15, -0.1) is 0 Å². The van der Waals surface area contributed by atoms with Crippen molar-refractivity contribution in [3.63, 3.8) is 0 Å². The first-order valence-electron chi connectivity index (χ1n) is 7.42. The van der Waals surface area contributed by atoms with E-state index in [1.54, 1.807) is 42.2 Å². The van der Waals surface area contributed by atoms with Crippen LogP contribution >= 0.6 is 23.2 Å². The summed E-state index contributed by atoms with van der Waals surface area (Å²) in [7, 11) is 1.78. The number of benzene rings is 1. The minimum Gasteiger partial charge on any atom is -0.289 e. The SMILES string of the molecule is Cn1ccc(-c2cccc(-n3c(=O)[nH]c4nc(Cl)cnc4c3=O)c2Cl)n1. The number of aryl methyl sites for hydroxylation is 1. The second-order valence-corrected chi connectivity index (χ2v) is 6.24. The number of halogens is 2. The van der Waals surface area contributed by atoms with Crippen molar-refractivity contribution in [2.24, 2.45) is 7.05 Å². The van der Waals surface area contributed by atoms with Crippen LogP contribution in [0.5, 0.6) is 0 Å². The smallest absolute Gasteiger partial charge is 0.289 e. The van der Waals surface area contributed by atoms with Crippen molar-refractivity contribution in [1.82, 2.24) is 29.3 Å². The molecule has 0 aliphatic carbocycles. The fourth-order valence-electron chi connectivity index (χ4n) is 2.63. The number of fused-ring (bicyclic) bond motifs is 1. The molecule has 0 aliphatic heterocycles. The summed E-state index contributed by atoms with van der Waals surface area (Å²) in [5.41, 5.74) is 0.0930. The summed E-state index contributed by atoms with van der Waals surface area (Å²) in [6, 6.07) is 6.80. The summed E-state index contributed by atoms with van der Waals surface area (Å²) in [5, 5.41) is 4.60. The van der Waals surface area contributed by atoms with Crippen molar-refractivity contribution in [3.8, 4) is 16.9 Å². The Morgan fingerprint density at radius 1 is 1.15 bits per heavy atom. The fourth-order valence-corrected chi connectivity index (χ4v) is 3.08. The third-order valence-electron chi connectivity index (χ3n) is 3.79. The van der Waals surface area contributed by atoms with Gasteiger partial charge in [0.2, 0.25) is 0 Å². The van der Waals surface area contributed by atoms with Crippen molar-refractivity contribution in [1.29, 1.82) is 0 Å². The molecule has 0 radical (unpaired) electrons. The van der Waals surface area contributed by atoms with Gasteiger partial charge in [-0.25, -0.2) is 19.3 Å². The maximum absolute atomic E-state index is 12.8. The Morgan fingerprint density at radius 2 is 1.96 bits per heavy atom. The Morgan fingerprint density at radius 3 is 2.69 bits per heavy atom. The number of hydrogen-bond acceptors (Lipinski definition) is 5. The Labute approximate surface area is 155 Å². The van der Waals surface area contributed by atoms with Gasteiger partial charge in [0.05, 0.1) is 22.6 Å². The average Bonchev–Trinajstić information content (AvgIpc) is 3.02. The molecule has 0 atom stereocenters. The molecule has 26 heavy (non-hydrogen) atoms. The zero-order valence-corrected chi connectivity index (χ0v) is 14.8. The normalized spacial score (nSPS) is 11.2. The van der Waals surface area contributed by atoms with Crippen molar-refractivity contribution in [2.45, 2.75) is 0 Å². The highest BCUT2D eigenvalue weighted by Gasteiger charge is 2.17. The quantitative estimate of drug-likeness (QED) is 0.567. The molecule has 1 aromatic carbocycles. The van der Waals surface area contributed by atoms with Crippen molar-refractivity contribution in [3.05, 3.63) is 67.7 Å². The molecule has 8 nitrogen and oxygen atoms in total. The van der Waals surface area contributed by atoms with E-state index in [0.717, 1.165) is 4.57 Å². The van der Waals surface area contributed by atoms with Gasteiger partial charge in [-0.05, 0) is 12.1 Å². The first-order valence-corrected chi connectivity index (χ1v) is 8.18. The predicted octanol–water partition coefficient (Wildman–Crippen LogP) is 2.18. The lowest BCUT2D eigenvalue weighted by molar-refractivity contribution is 0.771. The van der Waals surface area contributed by atoms with Gasteiger partial charge >= 0.3 is 5.69 Å². The first-order chi connectivity index (χ1) is 12.5. The topological polar surface area (TPSA) is 98.5 Å². The molecule has 4 rings (SSSR count). The van der Waals surface area contributed by atoms with E-state index in [9.17, 15) is 9.59 Å². The summed E-state index contributed by atoms with van der Waals surface area (Å²) in [6.07, 6.45) is 3.01. The minimum absolute atomic E-state index is 0.0146. The van der Waals surface area contributed by atoms with Crippen LogP contribution in [0, 0.1) is 0 Å². The number of aromatic nitrogens is 6. The molecule has 4 aromatic rings. The van der Waals surface area contributed by atoms with Crippen LogP contribution in [0.4, 0.5) is 0 Å². The summed E-state index contributed by atoms with van der Waals surface area (Å²) in [4.78, 5) is 35.6. The molecule has 3 aromatic heterocycles. The van der Waals surface area contributed by atoms with Gasteiger partial charge in [-0.3, -0.25) is 14.5 Å². The lowest BCUT2D eigenvalue weighted by Crippen LogP contribution is -2.34. The molecule has 0 amide bonds. The molecule has 130 valence electrons. The van der Waals surface area contributed by atoms with E-state index in [-0.39, 0.29) is 27.0 Å². The van der Waals surface area contributed by atoms with Crippen LogP contribution in [0.1, 0.15) is 0 Å². The predicted molar refractivity (Wildman–Crippen MR) is 98.0 cm³/mol.